The summed E-state index contributed by atoms with van der Waals surface area (Å²) in [6.45, 7) is 2.82. The molecule has 0 aromatic rings. The van der Waals surface area contributed by atoms with Crippen molar-refractivity contribution in [2.75, 3.05) is 6.54 Å². The smallest absolute Gasteiger partial charge is 0.220 e. The number of carbonyl (C=O) groups excluding carboxylic acids is 1. The monoisotopic (exact) mass is 268 g/mol. The molecule has 3 N–H and O–H groups in total. The first-order valence-electron chi connectivity index (χ1n) is 8.23. The normalized spacial score (nSPS) is 18.2. The van der Waals surface area contributed by atoms with E-state index in [0.717, 1.165) is 19.3 Å². The first kappa shape index (κ1) is 16.5. The predicted octanol–water partition coefficient (Wildman–Crippen LogP) is 3.51. The SMILES string of the molecule is CCCCCCCCC(=O)NC1(CN)CCCCC1. The van der Waals surface area contributed by atoms with Crippen LogP contribution in [0.5, 0.6) is 0 Å². The Morgan fingerprint density at radius 1 is 1.05 bits per heavy atom. The molecule has 19 heavy (non-hydrogen) atoms. The third kappa shape index (κ3) is 6.42. The van der Waals surface area contributed by atoms with Gasteiger partial charge >= 0.3 is 0 Å². The number of nitrogens with one attached hydrogen (secondary N) is 1. The van der Waals surface area contributed by atoms with E-state index < -0.39 is 0 Å². The molecule has 0 aromatic heterocycles. The van der Waals surface area contributed by atoms with Gasteiger partial charge < -0.3 is 11.1 Å². The maximum absolute atomic E-state index is 12.0. The number of carbonyl (C=O) groups is 1. The molecule has 112 valence electrons. The van der Waals surface area contributed by atoms with E-state index in [-0.39, 0.29) is 11.4 Å². The Morgan fingerprint density at radius 2 is 1.68 bits per heavy atom. The van der Waals surface area contributed by atoms with Gasteiger partial charge in [-0.2, -0.15) is 0 Å². The van der Waals surface area contributed by atoms with E-state index in [1.165, 1.54) is 51.4 Å². The van der Waals surface area contributed by atoms with Crippen molar-refractivity contribution in [3.05, 3.63) is 0 Å². The van der Waals surface area contributed by atoms with Crippen LogP contribution in [0.1, 0.15) is 84.0 Å². The Morgan fingerprint density at radius 3 is 2.32 bits per heavy atom. The first-order valence-corrected chi connectivity index (χ1v) is 8.23. The highest BCUT2D eigenvalue weighted by Gasteiger charge is 2.31. The van der Waals surface area contributed by atoms with Crippen LogP contribution in [0, 0.1) is 0 Å². The highest BCUT2D eigenvalue weighted by atomic mass is 16.1. The van der Waals surface area contributed by atoms with E-state index in [1.54, 1.807) is 0 Å². The molecule has 3 nitrogen and oxygen atoms in total. The Hall–Kier alpha value is -0.570. The van der Waals surface area contributed by atoms with E-state index in [2.05, 4.69) is 12.2 Å². The summed E-state index contributed by atoms with van der Waals surface area (Å²) in [5.74, 6) is 0.211. The van der Waals surface area contributed by atoms with Crippen molar-refractivity contribution in [3.8, 4) is 0 Å². The van der Waals surface area contributed by atoms with E-state index in [0.29, 0.717) is 13.0 Å². The zero-order chi connectivity index (χ0) is 14.0. The van der Waals surface area contributed by atoms with Crippen LogP contribution in [0.4, 0.5) is 0 Å². The van der Waals surface area contributed by atoms with Crippen molar-refractivity contribution in [2.24, 2.45) is 5.73 Å². The predicted molar refractivity (Wildman–Crippen MR) is 81.0 cm³/mol. The molecule has 0 unspecified atom stereocenters. The number of amides is 1. The maximum Gasteiger partial charge on any atom is 0.220 e. The lowest BCUT2D eigenvalue weighted by Crippen LogP contribution is -2.54. The fourth-order valence-electron chi connectivity index (χ4n) is 3.03. The second-order valence-corrected chi connectivity index (χ2v) is 6.11. The molecule has 1 saturated carbocycles. The average molecular weight is 268 g/mol. The largest absolute Gasteiger partial charge is 0.349 e. The van der Waals surface area contributed by atoms with Gasteiger partial charge in [0.05, 0.1) is 5.54 Å². The van der Waals surface area contributed by atoms with Crippen molar-refractivity contribution in [3.63, 3.8) is 0 Å². The minimum Gasteiger partial charge on any atom is -0.349 e. The van der Waals surface area contributed by atoms with Gasteiger partial charge in [-0.05, 0) is 19.3 Å². The number of hydrogen-bond acceptors (Lipinski definition) is 2. The molecule has 1 fully saturated rings. The lowest BCUT2D eigenvalue weighted by atomic mass is 9.81. The molecule has 0 atom stereocenters. The van der Waals surface area contributed by atoms with Gasteiger partial charge in [0, 0.05) is 13.0 Å². The summed E-state index contributed by atoms with van der Waals surface area (Å²) >= 11 is 0. The molecule has 1 aliphatic rings. The van der Waals surface area contributed by atoms with E-state index in [9.17, 15) is 4.79 Å². The van der Waals surface area contributed by atoms with Gasteiger partial charge in [0.15, 0.2) is 0 Å². The highest BCUT2D eigenvalue weighted by Crippen LogP contribution is 2.27. The second kappa shape index (κ2) is 9.35. The molecule has 1 rings (SSSR count). The molecule has 0 aromatic carbocycles. The fourth-order valence-corrected chi connectivity index (χ4v) is 3.03. The second-order valence-electron chi connectivity index (χ2n) is 6.11. The van der Waals surface area contributed by atoms with Crippen LogP contribution in [0.2, 0.25) is 0 Å². The molecule has 0 saturated heterocycles. The van der Waals surface area contributed by atoms with Crippen LogP contribution >= 0.6 is 0 Å². The maximum atomic E-state index is 12.0. The standard InChI is InChI=1S/C16H32N2O/c1-2-3-4-5-6-8-11-15(19)18-16(14-17)12-9-7-10-13-16/h2-14,17H2,1H3,(H,18,19). The lowest BCUT2D eigenvalue weighted by molar-refractivity contribution is -0.123. The van der Waals surface area contributed by atoms with Crippen molar-refractivity contribution < 1.29 is 4.79 Å². The molecule has 0 spiro atoms. The number of hydrogen-bond donors (Lipinski definition) is 2. The number of rotatable bonds is 9. The summed E-state index contributed by atoms with van der Waals surface area (Å²) in [5.41, 5.74) is 5.80. The van der Waals surface area contributed by atoms with Gasteiger partial charge in [-0.1, -0.05) is 58.3 Å². The minimum absolute atomic E-state index is 0.0858. The third-order valence-electron chi connectivity index (χ3n) is 4.36. The van der Waals surface area contributed by atoms with Crippen LogP contribution in [0.3, 0.4) is 0 Å². The molecule has 0 bridgehead atoms. The molecular weight excluding hydrogens is 236 g/mol. The molecule has 0 aliphatic heterocycles. The first-order chi connectivity index (χ1) is 9.22. The van der Waals surface area contributed by atoms with Gasteiger partial charge in [0.1, 0.15) is 0 Å². The number of nitrogens with two attached hydrogens (primary N) is 1. The van der Waals surface area contributed by atoms with Crippen molar-refractivity contribution in [2.45, 2.75) is 89.5 Å². The topological polar surface area (TPSA) is 55.1 Å². The van der Waals surface area contributed by atoms with Gasteiger partial charge in [0.25, 0.3) is 0 Å². The van der Waals surface area contributed by atoms with Crippen molar-refractivity contribution in [1.82, 2.24) is 5.32 Å². The summed E-state index contributed by atoms with van der Waals surface area (Å²) in [6.07, 6.45) is 13.9. The summed E-state index contributed by atoms with van der Waals surface area (Å²) in [6, 6.07) is 0. The fraction of sp³-hybridized carbons (Fsp3) is 0.938. The van der Waals surface area contributed by atoms with Gasteiger partial charge in [0.2, 0.25) is 5.91 Å². The molecule has 1 aliphatic carbocycles. The molecule has 3 heteroatoms. The third-order valence-corrected chi connectivity index (χ3v) is 4.36. The Labute approximate surface area is 118 Å². The van der Waals surface area contributed by atoms with E-state index >= 15 is 0 Å². The Balaban J connectivity index is 2.15. The Kier molecular flexibility index (Phi) is 8.11. The lowest BCUT2D eigenvalue weighted by Gasteiger charge is -2.37. The van der Waals surface area contributed by atoms with E-state index in [1.807, 2.05) is 0 Å². The summed E-state index contributed by atoms with van der Waals surface area (Å²) in [5, 5.41) is 3.22. The van der Waals surface area contributed by atoms with Crippen LogP contribution in [0.25, 0.3) is 0 Å². The van der Waals surface area contributed by atoms with Gasteiger partial charge in [-0.3, -0.25) is 4.79 Å². The van der Waals surface area contributed by atoms with Crippen LogP contribution in [-0.4, -0.2) is 18.0 Å². The van der Waals surface area contributed by atoms with Gasteiger partial charge in [-0.15, -0.1) is 0 Å². The van der Waals surface area contributed by atoms with Gasteiger partial charge in [-0.25, -0.2) is 0 Å². The highest BCUT2D eigenvalue weighted by molar-refractivity contribution is 5.76. The summed E-state index contributed by atoms with van der Waals surface area (Å²) in [4.78, 5) is 12.0. The van der Waals surface area contributed by atoms with E-state index in [4.69, 9.17) is 5.73 Å². The minimum atomic E-state index is -0.0858. The zero-order valence-electron chi connectivity index (χ0n) is 12.7. The van der Waals surface area contributed by atoms with Crippen LogP contribution < -0.4 is 11.1 Å². The molecule has 0 radical (unpaired) electrons. The van der Waals surface area contributed by atoms with Crippen molar-refractivity contribution >= 4 is 5.91 Å². The van der Waals surface area contributed by atoms with Crippen molar-refractivity contribution in [1.29, 1.82) is 0 Å². The van der Waals surface area contributed by atoms with Crippen LogP contribution in [-0.2, 0) is 4.79 Å². The summed E-state index contributed by atoms with van der Waals surface area (Å²) in [7, 11) is 0. The average Bonchev–Trinajstić information content (AvgIpc) is 2.43. The molecular formula is C16H32N2O. The number of unbranched alkanes of at least 4 members (excludes halogenated alkanes) is 5. The molecule has 0 heterocycles. The summed E-state index contributed by atoms with van der Waals surface area (Å²) < 4.78 is 0. The Bertz CT molecular complexity index is 247. The molecule has 1 amide bonds. The quantitative estimate of drug-likeness (QED) is 0.629. The van der Waals surface area contributed by atoms with Crippen LogP contribution in [0.15, 0.2) is 0 Å². The zero-order valence-corrected chi connectivity index (χ0v) is 12.7.